The smallest absolute Gasteiger partial charge is 0.219 e. The van der Waals surface area contributed by atoms with Gasteiger partial charge >= 0.3 is 0 Å². The first kappa shape index (κ1) is 19.7. The molecule has 0 aliphatic heterocycles. The summed E-state index contributed by atoms with van der Waals surface area (Å²) in [5.74, 6) is 1.34. The number of anilines is 2. The summed E-state index contributed by atoms with van der Waals surface area (Å²) in [6.07, 6.45) is 6.24. The maximum Gasteiger partial charge on any atom is 0.219 e. The van der Waals surface area contributed by atoms with Gasteiger partial charge in [-0.3, -0.25) is 9.69 Å². The quantitative estimate of drug-likeness (QED) is 0.599. The second kappa shape index (κ2) is 7.50. The first-order valence-electron chi connectivity index (χ1n) is 9.32. The van der Waals surface area contributed by atoms with Crippen molar-refractivity contribution in [3.05, 3.63) is 65.4 Å². The van der Waals surface area contributed by atoms with Crippen LogP contribution in [-0.2, 0) is 10.2 Å². The summed E-state index contributed by atoms with van der Waals surface area (Å²) in [4.78, 5) is 26.8. The Morgan fingerprint density at radius 1 is 0.857 bits per heavy atom. The van der Waals surface area contributed by atoms with Crippen LogP contribution in [0.1, 0.15) is 43.3 Å². The van der Waals surface area contributed by atoms with Gasteiger partial charge in [0.1, 0.15) is 11.6 Å². The molecule has 1 aromatic carbocycles. The van der Waals surface area contributed by atoms with E-state index in [4.69, 9.17) is 0 Å². The molecule has 0 bridgehead atoms. The lowest BCUT2D eigenvalue weighted by Gasteiger charge is -2.28. The van der Waals surface area contributed by atoms with E-state index in [0.717, 1.165) is 45.7 Å². The van der Waals surface area contributed by atoms with Crippen molar-refractivity contribution in [2.45, 2.75) is 47.0 Å². The van der Waals surface area contributed by atoms with E-state index in [1.807, 2.05) is 32.9 Å². The molecule has 0 spiro atoms. The largest absolute Gasteiger partial charge is 0.278 e. The summed E-state index contributed by atoms with van der Waals surface area (Å²) in [6, 6.07) is 8.08. The van der Waals surface area contributed by atoms with Crippen molar-refractivity contribution in [3.63, 3.8) is 0 Å². The van der Waals surface area contributed by atoms with Crippen molar-refractivity contribution in [3.8, 4) is 11.1 Å². The van der Waals surface area contributed by atoms with Crippen LogP contribution in [0.2, 0.25) is 0 Å². The van der Waals surface area contributed by atoms with E-state index in [1.54, 1.807) is 23.5 Å². The Morgan fingerprint density at radius 2 is 1.54 bits per heavy atom. The molecular formula is C23H26N4O. The van der Waals surface area contributed by atoms with Crippen molar-refractivity contribution >= 4 is 17.9 Å². The molecule has 0 atom stereocenters. The van der Waals surface area contributed by atoms with Crippen LogP contribution in [0.3, 0.4) is 0 Å². The highest BCUT2D eigenvalue weighted by Crippen LogP contribution is 2.37. The average molecular weight is 374 g/mol. The Hall–Kier alpha value is -3.08. The van der Waals surface area contributed by atoms with Gasteiger partial charge in [0.15, 0.2) is 0 Å². The fourth-order valence-electron chi connectivity index (χ4n) is 3.06. The Balaban J connectivity index is 2.19. The molecule has 0 unspecified atom stereocenters. The van der Waals surface area contributed by atoms with Crippen LogP contribution in [0.4, 0.5) is 11.5 Å². The number of aromatic nitrogens is 3. The lowest BCUT2D eigenvalue weighted by molar-refractivity contribution is -0.106. The predicted octanol–water partition coefficient (Wildman–Crippen LogP) is 5.06. The molecule has 28 heavy (non-hydrogen) atoms. The zero-order valence-electron chi connectivity index (χ0n) is 17.3. The van der Waals surface area contributed by atoms with Crippen LogP contribution in [0, 0.1) is 20.8 Å². The van der Waals surface area contributed by atoms with Gasteiger partial charge in [-0.1, -0.05) is 32.9 Å². The lowest BCUT2D eigenvalue weighted by atomic mass is 9.84. The van der Waals surface area contributed by atoms with Crippen LogP contribution in [0.25, 0.3) is 11.1 Å². The number of benzene rings is 1. The second-order valence-corrected chi connectivity index (χ2v) is 8.10. The van der Waals surface area contributed by atoms with Gasteiger partial charge < -0.3 is 0 Å². The van der Waals surface area contributed by atoms with Gasteiger partial charge in [0.2, 0.25) is 6.41 Å². The number of hydrogen-bond donors (Lipinski definition) is 0. The third-order valence-corrected chi connectivity index (χ3v) is 4.89. The van der Waals surface area contributed by atoms with Crippen molar-refractivity contribution in [1.82, 2.24) is 15.0 Å². The molecule has 144 valence electrons. The molecule has 0 aliphatic carbocycles. The number of amides is 1. The van der Waals surface area contributed by atoms with Crippen LogP contribution in [-0.4, -0.2) is 21.4 Å². The van der Waals surface area contributed by atoms with E-state index in [1.165, 1.54) is 0 Å². The summed E-state index contributed by atoms with van der Waals surface area (Å²) in [6.45, 7) is 12.3. The second-order valence-electron chi connectivity index (χ2n) is 8.10. The van der Waals surface area contributed by atoms with Crippen molar-refractivity contribution in [2.24, 2.45) is 0 Å². The standard InChI is InChI=1S/C23H26N4O/c1-15-9-22(26-11-16(15)2)27(14-28)21-10-18(7-8-20(21)23(4,5)6)19-12-24-17(3)25-13-19/h7-14H,1-6H3. The molecule has 5 heteroatoms. The highest BCUT2D eigenvalue weighted by molar-refractivity contribution is 5.88. The maximum atomic E-state index is 12.1. The van der Waals surface area contributed by atoms with Crippen LogP contribution in [0.15, 0.2) is 42.9 Å². The molecule has 0 saturated carbocycles. The van der Waals surface area contributed by atoms with Crippen molar-refractivity contribution in [2.75, 3.05) is 4.90 Å². The molecule has 5 nitrogen and oxygen atoms in total. The minimum atomic E-state index is -0.140. The number of hydrogen-bond acceptors (Lipinski definition) is 4. The predicted molar refractivity (Wildman–Crippen MR) is 113 cm³/mol. The van der Waals surface area contributed by atoms with E-state index < -0.39 is 0 Å². The fraction of sp³-hybridized carbons (Fsp3) is 0.304. The van der Waals surface area contributed by atoms with Gasteiger partial charge in [0.25, 0.3) is 0 Å². The average Bonchev–Trinajstić information content (AvgIpc) is 2.65. The Bertz CT molecular complexity index is 1000. The summed E-state index contributed by atoms with van der Waals surface area (Å²) in [7, 11) is 0. The molecule has 2 heterocycles. The SMILES string of the molecule is Cc1ncc(-c2ccc(C(C)(C)C)c(N(C=O)c3cc(C)c(C)cn3)c2)cn1. The van der Waals surface area contributed by atoms with E-state index in [-0.39, 0.29) is 5.41 Å². The van der Waals surface area contributed by atoms with Crippen LogP contribution < -0.4 is 4.90 Å². The molecule has 0 radical (unpaired) electrons. The monoisotopic (exact) mass is 374 g/mol. The first-order chi connectivity index (χ1) is 13.2. The number of carbonyl (C=O) groups excluding carboxylic acids is 1. The molecule has 0 saturated heterocycles. The van der Waals surface area contributed by atoms with Crippen LogP contribution in [0.5, 0.6) is 0 Å². The number of nitrogens with zero attached hydrogens (tertiary/aromatic N) is 4. The highest BCUT2D eigenvalue weighted by Gasteiger charge is 2.23. The number of aryl methyl sites for hydroxylation is 3. The maximum absolute atomic E-state index is 12.1. The van der Waals surface area contributed by atoms with Gasteiger partial charge in [-0.25, -0.2) is 15.0 Å². The van der Waals surface area contributed by atoms with E-state index in [0.29, 0.717) is 5.82 Å². The van der Waals surface area contributed by atoms with Crippen molar-refractivity contribution < 1.29 is 4.79 Å². The van der Waals surface area contributed by atoms with Gasteiger partial charge in [0.05, 0.1) is 5.69 Å². The molecule has 2 aromatic heterocycles. The summed E-state index contributed by atoms with van der Waals surface area (Å²) in [5.41, 5.74) is 5.80. The topological polar surface area (TPSA) is 59.0 Å². The first-order valence-corrected chi connectivity index (χ1v) is 9.32. The molecule has 1 amide bonds. The third-order valence-electron chi connectivity index (χ3n) is 4.89. The minimum absolute atomic E-state index is 0.140. The minimum Gasteiger partial charge on any atom is -0.278 e. The zero-order chi connectivity index (χ0) is 20.5. The fourth-order valence-corrected chi connectivity index (χ4v) is 3.06. The molecular weight excluding hydrogens is 348 g/mol. The number of rotatable bonds is 4. The molecule has 3 rings (SSSR count). The highest BCUT2D eigenvalue weighted by atomic mass is 16.1. The number of pyridine rings is 1. The third kappa shape index (κ3) is 3.93. The summed E-state index contributed by atoms with van der Waals surface area (Å²) >= 11 is 0. The summed E-state index contributed by atoms with van der Waals surface area (Å²) < 4.78 is 0. The Kier molecular flexibility index (Phi) is 5.27. The van der Waals surface area contributed by atoms with E-state index in [9.17, 15) is 4.79 Å². The van der Waals surface area contributed by atoms with Gasteiger partial charge in [-0.15, -0.1) is 0 Å². The lowest BCUT2D eigenvalue weighted by Crippen LogP contribution is -2.22. The summed E-state index contributed by atoms with van der Waals surface area (Å²) in [5, 5.41) is 0. The molecule has 0 aliphatic rings. The molecule has 0 fully saturated rings. The normalized spacial score (nSPS) is 11.4. The zero-order valence-corrected chi connectivity index (χ0v) is 17.3. The van der Waals surface area contributed by atoms with Crippen molar-refractivity contribution in [1.29, 1.82) is 0 Å². The van der Waals surface area contributed by atoms with Gasteiger partial charge in [-0.05, 0) is 60.6 Å². The Labute approximate surface area is 166 Å². The number of carbonyl (C=O) groups is 1. The molecule has 3 aromatic rings. The van der Waals surface area contributed by atoms with Gasteiger partial charge in [0, 0.05) is 24.2 Å². The van der Waals surface area contributed by atoms with E-state index >= 15 is 0 Å². The van der Waals surface area contributed by atoms with E-state index in [2.05, 4.69) is 47.9 Å². The molecule has 0 N–H and O–H groups in total. The van der Waals surface area contributed by atoms with Gasteiger partial charge in [-0.2, -0.15) is 0 Å². The Morgan fingerprint density at radius 3 is 2.11 bits per heavy atom. The van der Waals surface area contributed by atoms with Crippen LogP contribution >= 0.6 is 0 Å².